The van der Waals surface area contributed by atoms with Crippen molar-refractivity contribution in [2.75, 3.05) is 6.54 Å². The third-order valence-corrected chi connectivity index (χ3v) is 4.24. The van der Waals surface area contributed by atoms with E-state index in [-0.39, 0.29) is 11.6 Å². The van der Waals surface area contributed by atoms with Crippen LogP contribution < -0.4 is 10.1 Å². The van der Waals surface area contributed by atoms with Crippen molar-refractivity contribution in [1.82, 2.24) is 5.32 Å². The molecule has 0 aromatic heterocycles. The number of benzene rings is 1. The maximum absolute atomic E-state index is 9.38. The van der Waals surface area contributed by atoms with Crippen molar-refractivity contribution in [3.8, 4) is 11.8 Å². The number of nitrogens with one attached hydrogen (secondary N) is 1. The first-order valence-corrected chi connectivity index (χ1v) is 8.13. The number of rotatable bonds is 7. The average molecular weight is 286 g/mol. The van der Waals surface area contributed by atoms with Crippen LogP contribution in [0.2, 0.25) is 0 Å². The Morgan fingerprint density at radius 3 is 2.71 bits per heavy atom. The topological polar surface area (TPSA) is 45.0 Å². The lowest BCUT2D eigenvalue weighted by Gasteiger charge is -2.22. The van der Waals surface area contributed by atoms with Crippen LogP contribution in [0.3, 0.4) is 0 Å². The molecule has 0 saturated heterocycles. The maximum atomic E-state index is 9.38. The molecule has 1 aliphatic rings. The number of nitrogens with zero attached hydrogens (tertiary/aromatic N) is 1. The summed E-state index contributed by atoms with van der Waals surface area (Å²) in [5.74, 6) is 0.922. The van der Waals surface area contributed by atoms with Gasteiger partial charge in [0.2, 0.25) is 0 Å². The fourth-order valence-electron chi connectivity index (χ4n) is 3.05. The summed E-state index contributed by atoms with van der Waals surface area (Å²) in [6, 6.07) is 10.9. The summed E-state index contributed by atoms with van der Waals surface area (Å²) in [6.07, 6.45) is 6.32. The Labute approximate surface area is 128 Å². The minimum atomic E-state index is -0.388. The van der Waals surface area contributed by atoms with Gasteiger partial charge in [0.25, 0.3) is 0 Å². The lowest BCUT2D eigenvalue weighted by atomic mass is 10.00. The molecule has 1 aromatic rings. The van der Waals surface area contributed by atoms with Crippen LogP contribution in [0.5, 0.6) is 5.75 Å². The predicted molar refractivity (Wildman–Crippen MR) is 85.3 cm³/mol. The molecule has 1 aromatic carbocycles. The molecule has 1 saturated carbocycles. The molecule has 3 nitrogen and oxygen atoms in total. The van der Waals surface area contributed by atoms with Crippen LogP contribution >= 0.6 is 0 Å². The van der Waals surface area contributed by atoms with E-state index >= 15 is 0 Å². The van der Waals surface area contributed by atoms with Gasteiger partial charge in [0.1, 0.15) is 17.4 Å². The van der Waals surface area contributed by atoms with E-state index in [1.54, 1.807) is 0 Å². The lowest BCUT2D eigenvalue weighted by molar-refractivity contribution is 0.201. The normalized spacial score (nSPS) is 24.7. The highest BCUT2D eigenvalue weighted by molar-refractivity contribution is 5.28. The van der Waals surface area contributed by atoms with Gasteiger partial charge in [0, 0.05) is 6.42 Å². The Morgan fingerprint density at radius 1 is 1.33 bits per heavy atom. The quantitative estimate of drug-likeness (QED) is 0.828. The molecule has 114 valence electrons. The van der Waals surface area contributed by atoms with Gasteiger partial charge >= 0.3 is 0 Å². The molecule has 1 aliphatic carbocycles. The molecule has 1 N–H and O–H groups in total. The molecule has 2 rings (SSSR count). The number of hydrogen-bond acceptors (Lipinski definition) is 3. The van der Waals surface area contributed by atoms with E-state index < -0.39 is 0 Å². The first kappa shape index (κ1) is 15.9. The van der Waals surface area contributed by atoms with E-state index in [9.17, 15) is 5.26 Å². The molecule has 0 amide bonds. The Hall–Kier alpha value is -1.53. The summed E-state index contributed by atoms with van der Waals surface area (Å²) >= 11 is 0. The minimum Gasteiger partial charge on any atom is -0.490 e. The number of hydrogen-bond donors (Lipinski definition) is 1. The molecule has 1 fully saturated rings. The molecular formula is C18H26N2O. The highest BCUT2D eigenvalue weighted by atomic mass is 16.5. The van der Waals surface area contributed by atoms with Crippen LogP contribution in [0.4, 0.5) is 0 Å². The van der Waals surface area contributed by atoms with Crippen LogP contribution in [0.1, 0.15) is 51.5 Å². The summed E-state index contributed by atoms with van der Waals surface area (Å²) in [7, 11) is 0. The zero-order valence-electron chi connectivity index (χ0n) is 13.2. The first-order chi connectivity index (χ1) is 10.2. The zero-order valence-corrected chi connectivity index (χ0v) is 13.2. The van der Waals surface area contributed by atoms with Crippen LogP contribution in [0.15, 0.2) is 24.3 Å². The van der Waals surface area contributed by atoms with Gasteiger partial charge in [0.05, 0.1) is 6.07 Å². The van der Waals surface area contributed by atoms with Gasteiger partial charge in [-0.15, -0.1) is 0 Å². The van der Waals surface area contributed by atoms with Gasteiger partial charge in [-0.3, -0.25) is 5.32 Å². The van der Waals surface area contributed by atoms with Gasteiger partial charge in [-0.2, -0.15) is 5.26 Å². The molecule has 21 heavy (non-hydrogen) atoms. The van der Waals surface area contributed by atoms with E-state index in [4.69, 9.17) is 4.74 Å². The van der Waals surface area contributed by atoms with Crippen LogP contribution in [0.25, 0.3) is 0 Å². The second-order valence-electron chi connectivity index (χ2n) is 5.95. The average Bonchev–Trinajstić information content (AvgIpc) is 2.90. The van der Waals surface area contributed by atoms with E-state index in [1.807, 2.05) is 6.92 Å². The van der Waals surface area contributed by atoms with Gasteiger partial charge in [-0.1, -0.05) is 32.4 Å². The van der Waals surface area contributed by atoms with Gasteiger partial charge in [-0.05, 0) is 49.9 Å². The smallest absolute Gasteiger partial charge is 0.119 e. The fourth-order valence-corrected chi connectivity index (χ4v) is 3.05. The zero-order chi connectivity index (χ0) is 15.1. The van der Waals surface area contributed by atoms with Crippen molar-refractivity contribution < 1.29 is 4.74 Å². The summed E-state index contributed by atoms with van der Waals surface area (Å²) in [5.41, 5.74) is 0.982. The van der Waals surface area contributed by atoms with E-state index in [2.05, 4.69) is 42.6 Å². The summed E-state index contributed by atoms with van der Waals surface area (Å²) in [4.78, 5) is 0. The Balaban J connectivity index is 1.89. The van der Waals surface area contributed by atoms with E-state index in [0.717, 1.165) is 38.0 Å². The summed E-state index contributed by atoms with van der Waals surface area (Å²) in [5, 5.41) is 12.7. The minimum absolute atomic E-state index is 0.144. The predicted octanol–water partition coefficient (Wildman–Crippen LogP) is 3.83. The highest BCUT2D eigenvalue weighted by Gasteiger charge is 2.39. The van der Waals surface area contributed by atoms with Crippen LogP contribution in [-0.2, 0) is 6.42 Å². The summed E-state index contributed by atoms with van der Waals surface area (Å²) < 4.78 is 6.05. The second kappa shape index (κ2) is 7.47. The second-order valence-corrected chi connectivity index (χ2v) is 5.95. The van der Waals surface area contributed by atoms with Crippen molar-refractivity contribution in [1.29, 1.82) is 5.26 Å². The van der Waals surface area contributed by atoms with Crippen molar-refractivity contribution in [2.24, 2.45) is 0 Å². The number of ether oxygens (including phenoxy) is 1. The fraction of sp³-hybridized carbons (Fsp3) is 0.611. The Bertz CT molecular complexity index is 477. The summed E-state index contributed by atoms with van der Waals surface area (Å²) in [6.45, 7) is 5.08. The molecule has 2 unspecified atom stereocenters. The SMILES string of the molecule is CCCCc1ccc(OC2CCC(C#N)(NCC)C2)cc1. The van der Waals surface area contributed by atoms with Crippen molar-refractivity contribution in [3.63, 3.8) is 0 Å². The Morgan fingerprint density at radius 2 is 2.10 bits per heavy atom. The molecule has 2 atom stereocenters. The molecule has 3 heteroatoms. The molecular weight excluding hydrogens is 260 g/mol. The highest BCUT2D eigenvalue weighted by Crippen LogP contribution is 2.32. The van der Waals surface area contributed by atoms with E-state index in [0.29, 0.717) is 0 Å². The van der Waals surface area contributed by atoms with Crippen LogP contribution in [0, 0.1) is 11.3 Å². The molecule has 0 radical (unpaired) electrons. The van der Waals surface area contributed by atoms with Crippen molar-refractivity contribution in [3.05, 3.63) is 29.8 Å². The molecule has 0 aliphatic heterocycles. The standard InChI is InChI=1S/C18H26N2O/c1-3-5-6-15-7-9-16(10-8-15)21-17-11-12-18(13-17,14-19)20-4-2/h7-10,17,20H,3-6,11-13H2,1-2H3. The molecule has 0 heterocycles. The van der Waals surface area contributed by atoms with E-state index in [1.165, 1.54) is 18.4 Å². The monoisotopic (exact) mass is 286 g/mol. The number of aryl methyl sites for hydroxylation is 1. The molecule has 0 bridgehead atoms. The third-order valence-electron chi connectivity index (χ3n) is 4.24. The molecule has 0 spiro atoms. The first-order valence-electron chi connectivity index (χ1n) is 8.13. The largest absolute Gasteiger partial charge is 0.490 e. The van der Waals surface area contributed by atoms with Crippen molar-refractivity contribution in [2.45, 2.75) is 64.0 Å². The lowest BCUT2D eigenvalue weighted by Crippen LogP contribution is -2.42. The Kier molecular flexibility index (Phi) is 5.64. The van der Waals surface area contributed by atoms with Gasteiger partial charge in [-0.25, -0.2) is 0 Å². The van der Waals surface area contributed by atoms with Crippen molar-refractivity contribution >= 4 is 0 Å². The maximum Gasteiger partial charge on any atom is 0.119 e. The van der Waals surface area contributed by atoms with Crippen LogP contribution in [-0.4, -0.2) is 18.2 Å². The number of nitriles is 1. The van der Waals surface area contributed by atoms with Gasteiger partial charge in [0.15, 0.2) is 0 Å². The number of unbranched alkanes of at least 4 members (excludes halogenated alkanes) is 1. The third kappa shape index (κ3) is 4.22. The van der Waals surface area contributed by atoms with Gasteiger partial charge < -0.3 is 4.74 Å².